The number of hydrogen-bond acceptors (Lipinski definition) is 9. The molecule has 0 atom stereocenters. The lowest BCUT2D eigenvalue weighted by Crippen LogP contribution is -2.22. The summed E-state index contributed by atoms with van der Waals surface area (Å²) in [5, 5.41) is 4.22. The molecule has 1 saturated carbocycles. The molecule has 0 saturated heterocycles. The summed E-state index contributed by atoms with van der Waals surface area (Å²) in [6.07, 6.45) is 3.41. The second-order valence-corrected chi connectivity index (χ2v) is 5.56. The van der Waals surface area contributed by atoms with Crippen molar-refractivity contribution in [2.75, 3.05) is 21.3 Å². The van der Waals surface area contributed by atoms with Crippen LogP contribution < -0.4 is 14.2 Å². The molecule has 0 bridgehead atoms. The molecule has 0 spiro atoms. The summed E-state index contributed by atoms with van der Waals surface area (Å²) in [5.74, 6) is -0.0812. The predicted molar refractivity (Wildman–Crippen MR) is 87.0 cm³/mol. The van der Waals surface area contributed by atoms with Gasteiger partial charge in [-0.15, -0.1) is 0 Å². The van der Waals surface area contributed by atoms with Gasteiger partial charge >= 0.3 is 12.1 Å². The average Bonchev–Trinajstić information content (AvgIpc) is 2.67. The lowest BCUT2D eigenvalue weighted by Gasteiger charge is -2.20. The maximum absolute atomic E-state index is 12.0. The molecule has 9 nitrogen and oxygen atoms in total. The van der Waals surface area contributed by atoms with Crippen LogP contribution in [0.2, 0.25) is 0 Å². The minimum atomic E-state index is -1.06. The van der Waals surface area contributed by atoms with Crippen molar-refractivity contribution in [3.05, 3.63) is 17.7 Å². The molecule has 0 heterocycles. The van der Waals surface area contributed by atoms with E-state index in [1.807, 2.05) is 0 Å². The second-order valence-electron chi connectivity index (χ2n) is 5.56. The third-order valence-electron chi connectivity index (χ3n) is 3.93. The molecule has 0 aliphatic heterocycles. The number of carbonyl (C=O) groups excluding carboxylic acids is 2. The standard InChI is InChI=1S/C17H22O9/c1-20-13-9-11(10-14(21-2)15(13)22-3)16(18)24-26-25-17(19)23-12-7-5-4-6-8-12/h9-10,12H,4-8H2,1-3H3. The van der Waals surface area contributed by atoms with E-state index in [2.05, 4.69) is 14.8 Å². The Morgan fingerprint density at radius 2 is 1.50 bits per heavy atom. The summed E-state index contributed by atoms with van der Waals surface area (Å²) in [6.45, 7) is 0. The van der Waals surface area contributed by atoms with E-state index in [1.54, 1.807) is 0 Å². The fraction of sp³-hybridized carbons (Fsp3) is 0.529. The molecule has 0 N–H and O–H groups in total. The smallest absolute Gasteiger partial charge is 0.493 e. The second kappa shape index (κ2) is 9.71. The van der Waals surface area contributed by atoms with E-state index < -0.39 is 12.1 Å². The van der Waals surface area contributed by atoms with Crippen LogP contribution in [0.4, 0.5) is 4.79 Å². The summed E-state index contributed by atoms with van der Waals surface area (Å²) in [5.41, 5.74) is 0.0451. The summed E-state index contributed by atoms with van der Waals surface area (Å²) in [6, 6.07) is 2.74. The molecular weight excluding hydrogens is 348 g/mol. The number of methoxy groups -OCH3 is 3. The first-order valence-corrected chi connectivity index (χ1v) is 8.15. The maximum Gasteiger partial charge on any atom is 0.543 e. The molecule has 2 rings (SSSR count). The molecular formula is C17H22O9. The van der Waals surface area contributed by atoms with Gasteiger partial charge in [-0.1, -0.05) is 6.42 Å². The zero-order chi connectivity index (χ0) is 18.9. The molecule has 1 aliphatic carbocycles. The van der Waals surface area contributed by atoms with Gasteiger partial charge in [0.25, 0.3) is 0 Å². The predicted octanol–water partition coefficient (Wildman–Crippen LogP) is 3.20. The molecule has 1 aromatic carbocycles. The van der Waals surface area contributed by atoms with Crippen LogP contribution in [-0.4, -0.2) is 39.6 Å². The van der Waals surface area contributed by atoms with E-state index in [-0.39, 0.29) is 23.2 Å². The Labute approximate surface area is 150 Å². The summed E-state index contributed by atoms with van der Waals surface area (Å²) >= 11 is 0. The van der Waals surface area contributed by atoms with Crippen LogP contribution in [0.1, 0.15) is 42.5 Å². The number of ether oxygens (including phenoxy) is 4. The van der Waals surface area contributed by atoms with Gasteiger partial charge in [0.2, 0.25) is 5.75 Å². The van der Waals surface area contributed by atoms with Gasteiger partial charge < -0.3 is 18.9 Å². The van der Waals surface area contributed by atoms with E-state index in [1.165, 1.54) is 33.5 Å². The normalized spacial score (nSPS) is 14.3. The lowest BCUT2D eigenvalue weighted by atomic mass is 9.98. The topological polar surface area (TPSA) is 98.8 Å². The highest BCUT2D eigenvalue weighted by molar-refractivity contribution is 5.90. The average molecular weight is 370 g/mol. The van der Waals surface area contributed by atoms with Crippen molar-refractivity contribution in [1.82, 2.24) is 0 Å². The van der Waals surface area contributed by atoms with E-state index in [0.29, 0.717) is 5.75 Å². The molecule has 1 fully saturated rings. The van der Waals surface area contributed by atoms with Crippen LogP contribution in [0.3, 0.4) is 0 Å². The Hall–Kier alpha value is -2.68. The van der Waals surface area contributed by atoms with Crippen molar-refractivity contribution in [3.8, 4) is 17.2 Å². The minimum Gasteiger partial charge on any atom is -0.493 e. The molecule has 1 aliphatic rings. The number of hydrogen-bond donors (Lipinski definition) is 0. The SMILES string of the molecule is COc1cc(C(=O)OOOC(=O)OC2CCCCC2)cc(OC)c1OC. The summed E-state index contributed by atoms with van der Waals surface area (Å²) in [7, 11) is 4.26. The monoisotopic (exact) mass is 370 g/mol. The molecule has 0 aromatic heterocycles. The molecule has 9 heteroatoms. The van der Waals surface area contributed by atoms with Crippen LogP contribution in [-0.2, 0) is 19.6 Å². The first-order chi connectivity index (χ1) is 12.6. The Kier molecular flexibility index (Phi) is 7.34. The van der Waals surface area contributed by atoms with Gasteiger partial charge in [0.15, 0.2) is 11.5 Å². The molecule has 1 aromatic rings. The Morgan fingerprint density at radius 3 is 2.04 bits per heavy atom. The van der Waals surface area contributed by atoms with Crippen LogP contribution in [0.25, 0.3) is 0 Å². The van der Waals surface area contributed by atoms with E-state index in [4.69, 9.17) is 18.9 Å². The van der Waals surface area contributed by atoms with Gasteiger partial charge in [-0.25, -0.2) is 14.5 Å². The van der Waals surface area contributed by atoms with E-state index >= 15 is 0 Å². The largest absolute Gasteiger partial charge is 0.543 e. The van der Waals surface area contributed by atoms with Crippen molar-refractivity contribution in [2.45, 2.75) is 38.2 Å². The fourth-order valence-corrected chi connectivity index (χ4v) is 2.66. The minimum absolute atomic E-state index is 0.0451. The van der Waals surface area contributed by atoms with Crippen LogP contribution in [0.15, 0.2) is 12.1 Å². The molecule has 26 heavy (non-hydrogen) atoms. The Bertz CT molecular complexity index is 598. The van der Waals surface area contributed by atoms with Crippen LogP contribution in [0.5, 0.6) is 17.2 Å². The lowest BCUT2D eigenvalue weighted by molar-refractivity contribution is -0.453. The van der Waals surface area contributed by atoms with Gasteiger partial charge in [0.05, 0.1) is 31.9 Å². The Balaban J connectivity index is 1.88. The third kappa shape index (κ3) is 5.16. The summed E-state index contributed by atoms with van der Waals surface area (Å²) < 4.78 is 20.5. The van der Waals surface area contributed by atoms with Crippen molar-refractivity contribution in [3.63, 3.8) is 0 Å². The summed E-state index contributed by atoms with van der Waals surface area (Å²) in [4.78, 5) is 32.3. The molecule has 144 valence electrons. The molecule has 0 unspecified atom stereocenters. The first-order valence-electron chi connectivity index (χ1n) is 8.15. The van der Waals surface area contributed by atoms with Crippen LogP contribution in [0, 0.1) is 0 Å². The van der Waals surface area contributed by atoms with Crippen molar-refractivity contribution < 1.29 is 43.3 Å². The van der Waals surface area contributed by atoms with E-state index in [0.717, 1.165) is 32.1 Å². The van der Waals surface area contributed by atoms with Crippen molar-refractivity contribution in [2.24, 2.45) is 0 Å². The number of carbonyl (C=O) groups is 2. The zero-order valence-corrected chi connectivity index (χ0v) is 14.9. The maximum atomic E-state index is 12.0. The Morgan fingerprint density at radius 1 is 0.885 bits per heavy atom. The van der Waals surface area contributed by atoms with Crippen LogP contribution >= 0.6 is 0 Å². The van der Waals surface area contributed by atoms with Gasteiger partial charge in [-0.05, 0) is 37.8 Å². The fourth-order valence-electron chi connectivity index (χ4n) is 2.66. The van der Waals surface area contributed by atoms with Crippen molar-refractivity contribution in [1.29, 1.82) is 0 Å². The number of rotatable bonds is 7. The van der Waals surface area contributed by atoms with Crippen molar-refractivity contribution >= 4 is 12.1 Å². The quantitative estimate of drug-likeness (QED) is 0.407. The highest BCUT2D eigenvalue weighted by Crippen LogP contribution is 2.38. The number of benzene rings is 1. The highest BCUT2D eigenvalue weighted by Gasteiger charge is 2.21. The van der Waals surface area contributed by atoms with Gasteiger partial charge in [0.1, 0.15) is 6.10 Å². The molecule has 0 radical (unpaired) electrons. The van der Waals surface area contributed by atoms with Gasteiger partial charge in [-0.2, -0.15) is 0 Å². The first kappa shape index (κ1) is 19.6. The molecule has 0 amide bonds. The zero-order valence-electron chi connectivity index (χ0n) is 14.9. The van der Waals surface area contributed by atoms with E-state index in [9.17, 15) is 9.59 Å². The third-order valence-corrected chi connectivity index (χ3v) is 3.93. The highest BCUT2D eigenvalue weighted by atomic mass is 17.5. The van der Waals surface area contributed by atoms with Gasteiger partial charge in [0, 0.05) is 0 Å². The van der Waals surface area contributed by atoms with Gasteiger partial charge in [-0.3, -0.25) is 4.89 Å².